The van der Waals surface area contributed by atoms with E-state index in [0.717, 1.165) is 17.8 Å². The van der Waals surface area contributed by atoms with Crippen molar-refractivity contribution in [2.24, 2.45) is 11.7 Å². The van der Waals surface area contributed by atoms with Gasteiger partial charge in [-0.2, -0.15) is 0 Å². The molecule has 0 saturated heterocycles. The molecular weight excluding hydrogens is 186 g/mol. The molecule has 0 aliphatic carbocycles. The minimum atomic E-state index is 0.126. The Morgan fingerprint density at radius 2 is 2.00 bits per heavy atom. The monoisotopic (exact) mass is 205 g/mol. The molecule has 3 nitrogen and oxygen atoms in total. The SMILES string of the molecule is CC(C)CN(C)c1ccccc1C(=N)N. The third-order valence-electron chi connectivity index (χ3n) is 2.24. The van der Waals surface area contributed by atoms with Crippen molar-refractivity contribution < 1.29 is 0 Å². The van der Waals surface area contributed by atoms with Gasteiger partial charge in [0, 0.05) is 24.8 Å². The summed E-state index contributed by atoms with van der Waals surface area (Å²) in [5, 5.41) is 7.50. The zero-order valence-corrected chi connectivity index (χ0v) is 9.62. The van der Waals surface area contributed by atoms with Crippen molar-refractivity contribution in [3.8, 4) is 0 Å². The van der Waals surface area contributed by atoms with E-state index in [1.165, 1.54) is 0 Å². The molecule has 0 radical (unpaired) electrons. The molecule has 1 aromatic carbocycles. The summed E-state index contributed by atoms with van der Waals surface area (Å²) in [6, 6.07) is 7.76. The number of hydrogen-bond acceptors (Lipinski definition) is 2. The van der Waals surface area contributed by atoms with E-state index in [0.29, 0.717) is 5.92 Å². The van der Waals surface area contributed by atoms with Crippen LogP contribution in [0.15, 0.2) is 24.3 Å². The highest BCUT2D eigenvalue weighted by Gasteiger charge is 2.09. The van der Waals surface area contributed by atoms with E-state index in [4.69, 9.17) is 11.1 Å². The number of nitrogens with zero attached hydrogens (tertiary/aromatic N) is 1. The summed E-state index contributed by atoms with van der Waals surface area (Å²) in [4.78, 5) is 2.14. The van der Waals surface area contributed by atoms with Crippen molar-refractivity contribution in [3.63, 3.8) is 0 Å². The molecule has 3 N–H and O–H groups in total. The van der Waals surface area contributed by atoms with E-state index in [-0.39, 0.29) is 5.84 Å². The smallest absolute Gasteiger partial charge is 0.124 e. The molecule has 1 aromatic rings. The molecule has 0 aliphatic rings. The summed E-state index contributed by atoms with van der Waals surface area (Å²) in [6.07, 6.45) is 0. The average Bonchev–Trinajstić information content (AvgIpc) is 2.16. The van der Waals surface area contributed by atoms with Crippen LogP contribution in [-0.4, -0.2) is 19.4 Å². The highest BCUT2D eigenvalue weighted by Crippen LogP contribution is 2.19. The summed E-state index contributed by atoms with van der Waals surface area (Å²) >= 11 is 0. The maximum absolute atomic E-state index is 7.50. The van der Waals surface area contributed by atoms with Crippen molar-refractivity contribution in [2.45, 2.75) is 13.8 Å². The molecule has 0 bridgehead atoms. The number of nitrogen functional groups attached to an aromatic ring is 1. The number of benzene rings is 1. The van der Waals surface area contributed by atoms with Gasteiger partial charge in [-0.15, -0.1) is 0 Å². The summed E-state index contributed by atoms with van der Waals surface area (Å²) in [5.74, 6) is 0.719. The first kappa shape index (κ1) is 11.6. The van der Waals surface area contributed by atoms with Gasteiger partial charge in [0.15, 0.2) is 0 Å². The molecule has 0 heterocycles. The molecule has 0 aliphatic heterocycles. The number of rotatable bonds is 4. The zero-order chi connectivity index (χ0) is 11.4. The fraction of sp³-hybridized carbons (Fsp3) is 0.417. The lowest BCUT2D eigenvalue weighted by atomic mass is 10.1. The highest BCUT2D eigenvalue weighted by atomic mass is 15.1. The molecule has 0 unspecified atom stereocenters. The van der Waals surface area contributed by atoms with Gasteiger partial charge in [0.05, 0.1) is 0 Å². The molecule has 82 valence electrons. The van der Waals surface area contributed by atoms with Crippen LogP contribution in [0.25, 0.3) is 0 Å². The molecule has 0 fully saturated rings. The number of anilines is 1. The Morgan fingerprint density at radius 1 is 1.40 bits per heavy atom. The molecule has 15 heavy (non-hydrogen) atoms. The lowest BCUT2D eigenvalue weighted by Crippen LogP contribution is -2.25. The summed E-state index contributed by atoms with van der Waals surface area (Å²) in [6.45, 7) is 5.31. The summed E-state index contributed by atoms with van der Waals surface area (Å²) < 4.78 is 0. The number of para-hydroxylation sites is 1. The Balaban J connectivity index is 2.97. The lowest BCUT2D eigenvalue weighted by molar-refractivity contribution is 0.638. The van der Waals surface area contributed by atoms with Crippen molar-refractivity contribution >= 4 is 11.5 Å². The number of nitrogens with two attached hydrogens (primary N) is 1. The predicted molar refractivity (Wildman–Crippen MR) is 65.6 cm³/mol. The van der Waals surface area contributed by atoms with Crippen molar-refractivity contribution in [1.29, 1.82) is 5.41 Å². The van der Waals surface area contributed by atoms with Crippen LogP contribution in [0.3, 0.4) is 0 Å². The Labute approximate surface area is 91.4 Å². The van der Waals surface area contributed by atoms with Crippen LogP contribution >= 0.6 is 0 Å². The second-order valence-electron chi connectivity index (χ2n) is 4.21. The highest BCUT2D eigenvalue weighted by molar-refractivity contribution is 6.00. The van der Waals surface area contributed by atoms with Crippen molar-refractivity contribution in [2.75, 3.05) is 18.5 Å². The Kier molecular flexibility index (Phi) is 3.72. The summed E-state index contributed by atoms with van der Waals surface area (Å²) in [7, 11) is 2.03. The van der Waals surface area contributed by atoms with Crippen LogP contribution in [0.2, 0.25) is 0 Å². The van der Waals surface area contributed by atoms with Gasteiger partial charge in [-0.25, -0.2) is 0 Å². The average molecular weight is 205 g/mol. The van der Waals surface area contributed by atoms with Gasteiger partial charge in [0.2, 0.25) is 0 Å². The number of amidine groups is 1. The van der Waals surface area contributed by atoms with E-state index < -0.39 is 0 Å². The Morgan fingerprint density at radius 3 is 2.53 bits per heavy atom. The van der Waals surface area contributed by atoms with Gasteiger partial charge in [-0.3, -0.25) is 5.41 Å². The number of hydrogen-bond donors (Lipinski definition) is 2. The minimum Gasteiger partial charge on any atom is -0.384 e. The topological polar surface area (TPSA) is 53.1 Å². The first-order chi connectivity index (χ1) is 7.02. The van der Waals surface area contributed by atoms with Crippen LogP contribution < -0.4 is 10.6 Å². The van der Waals surface area contributed by atoms with E-state index in [1.54, 1.807) is 0 Å². The van der Waals surface area contributed by atoms with Crippen LogP contribution in [-0.2, 0) is 0 Å². The van der Waals surface area contributed by atoms with Crippen molar-refractivity contribution in [3.05, 3.63) is 29.8 Å². The standard InChI is InChI=1S/C12H19N3/c1-9(2)8-15(3)11-7-5-4-6-10(11)12(13)14/h4-7,9H,8H2,1-3H3,(H3,13,14). The van der Waals surface area contributed by atoms with Crippen LogP contribution in [0, 0.1) is 11.3 Å². The van der Waals surface area contributed by atoms with Gasteiger partial charge in [0.1, 0.15) is 5.84 Å². The normalized spacial score (nSPS) is 10.4. The molecule has 0 atom stereocenters. The van der Waals surface area contributed by atoms with Gasteiger partial charge in [0.25, 0.3) is 0 Å². The van der Waals surface area contributed by atoms with Gasteiger partial charge in [-0.1, -0.05) is 26.0 Å². The van der Waals surface area contributed by atoms with E-state index in [1.807, 2.05) is 31.3 Å². The van der Waals surface area contributed by atoms with Gasteiger partial charge in [-0.05, 0) is 18.1 Å². The largest absolute Gasteiger partial charge is 0.384 e. The fourth-order valence-corrected chi connectivity index (χ4v) is 1.68. The Hall–Kier alpha value is -1.51. The third kappa shape index (κ3) is 2.98. The molecule has 0 saturated carbocycles. The Bertz CT molecular complexity index is 344. The molecular formula is C12H19N3. The van der Waals surface area contributed by atoms with E-state index in [9.17, 15) is 0 Å². The summed E-state index contributed by atoms with van der Waals surface area (Å²) in [5.41, 5.74) is 7.37. The predicted octanol–water partition coefficient (Wildman–Crippen LogP) is 2.06. The molecule has 1 rings (SSSR count). The van der Waals surface area contributed by atoms with Crippen LogP contribution in [0.4, 0.5) is 5.69 Å². The van der Waals surface area contributed by atoms with E-state index in [2.05, 4.69) is 18.7 Å². The third-order valence-corrected chi connectivity index (χ3v) is 2.24. The van der Waals surface area contributed by atoms with Crippen LogP contribution in [0.1, 0.15) is 19.4 Å². The second kappa shape index (κ2) is 4.82. The van der Waals surface area contributed by atoms with E-state index >= 15 is 0 Å². The number of nitrogens with one attached hydrogen (secondary N) is 1. The molecule has 0 amide bonds. The maximum Gasteiger partial charge on any atom is 0.124 e. The first-order valence-corrected chi connectivity index (χ1v) is 5.17. The maximum atomic E-state index is 7.50. The molecule has 0 aromatic heterocycles. The lowest BCUT2D eigenvalue weighted by Gasteiger charge is -2.23. The fourth-order valence-electron chi connectivity index (χ4n) is 1.68. The molecule has 0 spiro atoms. The van der Waals surface area contributed by atoms with Gasteiger partial charge < -0.3 is 10.6 Å². The first-order valence-electron chi connectivity index (χ1n) is 5.17. The van der Waals surface area contributed by atoms with Crippen LogP contribution in [0.5, 0.6) is 0 Å². The quantitative estimate of drug-likeness (QED) is 0.584. The van der Waals surface area contributed by atoms with Gasteiger partial charge >= 0.3 is 0 Å². The van der Waals surface area contributed by atoms with Crippen molar-refractivity contribution in [1.82, 2.24) is 0 Å². The second-order valence-corrected chi connectivity index (χ2v) is 4.21. The minimum absolute atomic E-state index is 0.126. The molecule has 3 heteroatoms. The zero-order valence-electron chi connectivity index (χ0n) is 9.62.